The molecule has 4 heteroatoms. The van der Waals surface area contributed by atoms with Crippen molar-refractivity contribution in [3.05, 3.63) is 82.4 Å². The van der Waals surface area contributed by atoms with Crippen molar-refractivity contribution in [3.8, 4) is 16.9 Å². The number of rotatable bonds is 2. The third kappa shape index (κ3) is 2.39. The van der Waals surface area contributed by atoms with Crippen LogP contribution in [0, 0.1) is 0 Å². The van der Waals surface area contributed by atoms with Crippen LogP contribution in [-0.4, -0.2) is 10.8 Å². The molecule has 0 atom stereocenters. The molecule has 0 amide bonds. The van der Waals surface area contributed by atoms with Gasteiger partial charge in [-0.2, -0.15) is 11.3 Å². The Morgan fingerprint density at radius 3 is 2.76 bits per heavy atom. The molecular formula is C21H13NO2S. The highest BCUT2D eigenvalue weighted by Gasteiger charge is 2.27. The Hall–Kier alpha value is -3.11. The van der Waals surface area contributed by atoms with E-state index in [0.29, 0.717) is 17.1 Å². The molecular weight excluding hydrogens is 330 g/mol. The maximum atomic E-state index is 12.7. The Morgan fingerprint density at radius 1 is 1.00 bits per heavy atom. The minimum absolute atomic E-state index is 0.0657. The molecule has 0 spiro atoms. The van der Waals surface area contributed by atoms with Crippen LogP contribution in [0.5, 0.6) is 5.75 Å². The van der Waals surface area contributed by atoms with Gasteiger partial charge in [0, 0.05) is 11.7 Å². The van der Waals surface area contributed by atoms with E-state index in [0.717, 1.165) is 22.2 Å². The zero-order valence-electron chi connectivity index (χ0n) is 13.2. The number of H-pyrrole nitrogens is 1. The molecule has 3 heterocycles. The minimum Gasteiger partial charge on any atom is -0.452 e. The first kappa shape index (κ1) is 14.3. The lowest BCUT2D eigenvalue weighted by Crippen LogP contribution is -1.97. The number of ketones is 1. The SMILES string of the molecule is O=C1/C(=C/c2ccsc2)Oc2ccc(-c3ccc4cc[nH]c4c3)cc21. The number of Topliss-reactive ketones (excluding diaryl/α,β-unsaturated/α-hetero) is 1. The normalized spacial score (nSPS) is 14.9. The molecule has 1 aliphatic rings. The molecule has 0 fully saturated rings. The minimum atomic E-state index is -0.0657. The number of hydrogen-bond donors (Lipinski definition) is 1. The molecule has 0 aliphatic carbocycles. The van der Waals surface area contributed by atoms with Crippen LogP contribution in [0.2, 0.25) is 0 Å². The summed E-state index contributed by atoms with van der Waals surface area (Å²) in [5, 5.41) is 5.14. The second-order valence-corrected chi connectivity index (χ2v) is 6.77. The smallest absolute Gasteiger partial charge is 0.231 e. The molecule has 0 radical (unpaired) electrons. The number of benzene rings is 2. The molecule has 2 aromatic carbocycles. The number of allylic oxidation sites excluding steroid dienone is 1. The van der Waals surface area contributed by atoms with Crippen LogP contribution in [0.25, 0.3) is 28.1 Å². The van der Waals surface area contributed by atoms with Gasteiger partial charge < -0.3 is 9.72 Å². The zero-order valence-corrected chi connectivity index (χ0v) is 14.0. The van der Waals surface area contributed by atoms with Crippen LogP contribution in [0.1, 0.15) is 15.9 Å². The largest absolute Gasteiger partial charge is 0.452 e. The highest BCUT2D eigenvalue weighted by molar-refractivity contribution is 7.08. The van der Waals surface area contributed by atoms with Gasteiger partial charge in [0.25, 0.3) is 0 Å². The number of carbonyl (C=O) groups is 1. The molecule has 25 heavy (non-hydrogen) atoms. The molecule has 3 nitrogen and oxygen atoms in total. The fourth-order valence-corrected chi connectivity index (χ4v) is 3.72. The van der Waals surface area contributed by atoms with Gasteiger partial charge in [-0.1, -0.05) is 18.2 Å². The Balaban J connectivity index is 1.55. The zero-order chi connectivity index (χ0) is 16.8. The second kappa shape index (κ2) is 5.46. The van der Waals surface area contributed by atoms with Gasteiger partial charge in [0.05, 0.1) is 5.56 Å². The van der Waals surface area contributed by atoms with Crippen molar-refractivity contribution in [1.29, 1.82) is 0 Å². The first-order valence-electron chi connectivity index (χ1n) is 7.96. The number of aromatic amines is 1. The molecule has 4 aromatic rings. The fourth-order valence-electron chi connectivity index (χ4n) is 3.10. The third-order valence-corrected chi connectivity index (χ3v) is 5.10. The number of ether oxygens (including phenoxy) is 1. The summed E-state index contributed by atoms with van der Waals surface area (Å²) in [6.07, 6.45) is 3.72. The maximum absolute atomic E-state index is 12.7. The molecule has 0 saturated carbocycles. The van der Waals surface area contributed by atoms with Crippen molar-refractivity contribution in [2.24, 2.45) is 0 Å². The summed E-state index contributed by atoms with van der Waals surface area (Å²) in [7, 11) is 0. The summed E-state index contributed by atoms with van der Waals surface area (Å²) in [6.45, 7) is 0. The topological polar surface area (TPSA) is 42.1 Å². The lowest BCUT2D eigenvalue weighted by Gasteiger charge is -2.04. The summed E-state index contributed by atoms with van der Waals surface area (Å²) < 4.78 is 5.75. The maximum Gasteiger partial charge on any atom is 0.231 e. The molecule has 0 saturated heterocycles. The van der Waals surface area contributed by atoms with Crippen LogP contribution in [-0.2, 0) is 0 Å². The number of carbonyl (C=O) groups excluding carboxylic acids is 1. The first-order valence-corrected chi connectivity index (χ1v) is 8.90. The van der Waals surface area contributed by atoms with Crippen molar-refractivity contribution in [2.45, 2.75) is 0 Å². The summed E-state index contributed by atoms with van der Waals surface area (Å²) in [5.74, 6) is 0.936. The van der Waals surface area contributed by atoms with E-state index in [-0.39, 0.29) is 5.78 Å². The van der Waals surface area contributed by atoms with Gasteiger partial charge in [-0.15, -0.1) is 0 Å². The van der Waals surface area contributed by atoms with E-state index >= 15 is 0 Å². The molecule has 1 aliphatic heterocycles. The van der Waals surface area contributed by atoms with E-state index in [2.05, 4.69) is 23.2 Å². The molecule has 2 aromatic heterocycles. The second-order valence-electron chi connectivity index (χ2n) is 5.99. The van der Waals surface area contributed by atoms with Gasteiger partial charge in [0.1, 0.15) is 5.75 Å². The van der Waals surface area contributed by atoms with Gasteiger partial charge in [-0.05, 0) is 69.2 Å². The highest BCUT2D eigenvalue weighted by atomic mass is 32.1. The van der Waals surface area contributed by atoms with Crippen molar-refractivity contribution >= 4 is 34.1 Å². The Bertz CT molecular complexity index is 1140. The Morgan fingerprint density at radius 2 is 1.88 bits per heavy atom. The lowest BCUT2D eigenvalue weighted by atomic mass is 10.00. The van der Waals surface area contributed by atoms with Crippen LogP contribution in [0.3, 0.4) is 0 Å². The molecule has 1 N–H and O–H groups in total. The van der Waals surface area contributed by atoms with Gasteiger partial charge >= 0.3 is 0 Å². The Labute approximate surface area is 148 Å². The third-order valence-electron chi connectivity index (χ3n) is 4.40. The summed E-state index contributed by atoms with van der Waals surface area (Å²) in [5.41, 5.74) is 4.76. The molecule has 5 rings (SSSR count). The number of hydrogen-bond acceptors (Lipinski definition) is 3. The standard InChI is InChI=1S/C21H13NO2S/c23-21-17-10-15(16-2-1-14-5-7-22-18(14)11-16)3-4-19(17)24-20(21)9-13-6-8-25-12-13/h1-12,22H/b20-9-. The summed E-state index contributed by atoms with van der Waals surface area (Å²) in [4.78, 5) is 15.9. The average Bonchev–Trinajstić information content (AvgIpc) is 3.36. The van der Waals surface area contributed by atoms with E-state index in [9.17, 15) is 4.79 Å². The first-order chi connectivity index (χ1) is 12.3. The predicted molar refractivity (Wildman–Crippen MR) is 101 cm³/mol. The molecule has 0 unspecified atom stereocenters. The van der Waals surface area contributed by atoms with E-state index in [1.165, 1.54) is 5.39 Å². The Kier molecular flexibility index (Phi) is 3.11. The van der Waals surface area contributed by atoms with Crippen molar-refractivity contribution in [2.75, 3.05) is 0 Å². The van der Waals surface area contributed by atoms with E-state index in [1.54, 1.807) is 17.4 Å². The fraction of sp³-hybridized carbons (Fsp3) is 0. The number of thiophene rings is 1. The monoisotopic (exact) mass is 343 g/mol. The quantitative estimate of drug-likeness (QED) is 0.487. The molecule has 120 valence electrons. The lowest BCUT2D eigenvalue weighted by molar-refractivity contribution is 0.101. The summed E-state index contributed by atoms with van der Waals surface area (Å²) in [6, 6.07) is 16.0. The van der Waals surface area contributed by atoms with Crippen LogP contribution >= 0.6 is 11.3 Å². The van der Waals surface area contributed by atoms with E-state index in [1.807, 2.05) is 47.3 Å². The van der Waals surface area contributed by atoms with Crippen LogP contribution < -0.4 is 4.74 Å². The van der Waals surface area contributed by atoms with Crippen LogP contribution in [0.15, 0.2) is 71.2 Å². The molecule has 0 bridgehead atoms. The number of nitrogens with one attached hydrogen (secondary N) is 1. The highest BCUT2D eigenvalue weighted by Crippen LogP contribution is 2.35. The van der Waals surface area contributed by atoms with E-state index in [4.69, 9.17) is 4.74 Å². The average molecular weight is 343 g/mol. The van der Waals surface area contributed by atoms with Gasteiger partial charge in [-0.25, -0.2) is 0 Å². The van der Waals surface area contributed by atoms with E-state index < -0.39 is 0 Å². The van der Waals surface area contributed by atoms with Crippen molar-refractivity contribution in [1.82, 2.24) is 4.98 Å². The van der Waals surface area contributed by atoms with Crippen molar-refractivity contribution in [3.63, 3.8) is 0 Å². The van der Waals surface area contributed by atoms with Gasteiger partial charge in [0.2, 0.25) is 5.78 Å². The number of fused-ring (bicyclic) bond motifs is 2. The van der Waals surface area contributed by atoms with Crippen molar-refractivity contribution < 1.29 is 9.53 Å². The predicted octanol–water partition coefficient (Wildman–Crippen LogP) is 5.51. The number of aromatic nitrogens is 1. The van der Waals surface area contributed by atoms with Gasteiger partial charge in [-0.3, -0.25) is 4.79 Å². The van der Waals surface area contributed by atoms with Crippen LogP contribution in [0.4, 0.5) is 0 Å². The summed E-state index contributed by atoms with van der Waals surface area (Å²) >= 11 is 1.59. The van der Waals surface area contributed by atoms with Gasteiger partial charge in [0.15, 0.2) is 5.76 Å².